The van der Waals surface area contributed by atoms with E-state index in [-0.39, 0.29) is 10.8 Å². The molecule has 3 aliphatic rings. The van der Waals surface area contributed by atoms with Crippen LogP contribution in [0.4, 0.5) is 13.2 Å². The number of rotatable bonds is 5. The fourth-order valence-electron chi connectivity index (χ4n) is 5.35. The van der Waals surface area contributed by atoms with Crippen LogP contribution in [-0.2, 0) is 30.5 Å². The minimum atomic E-state index is -3.14. The van der Waals surface area contributed by atoms with Crippen LogP contribution in [0.25, 0.3) is 11.4 Å². The van der Waals surface area contributed by atoms with E-state index in [0.717, 1.165) is 56.8 Å². The van der Waals surface area contributed by atoms with Gasteiger partial charge in [0, 0.05) is 30.4 Å². The van der Waals surface area contributed by atoms with E-state index in [1.54, 1.807) is 6.07 Å². The van der Waals surface area contributed by atoms with Crippen molar-refractivity contribution in [2.75, 3.05) is 0 Å². The van der Waals surface area contributed by atoms with Gasteiger partial charge >= 0.3 is 5.92 Å². The summed E-state index contributed by atoms with van der Waals surface area (Å²) < 4.78 is 47.4. The molecule has 2 aromatic heterocycles. The predicted octanol–water partition coefficient (Wildman–Crippen LogP) is 4.99. The Kier molecular flexibility index (Phi) is 4.50. The molecule has 6 nitrogen and oxygen atoms in total. The van der Waals surface area contributed by atoms with E-state index < -0.39 is 18.5 Å². The van der Waals surface area contributed by atoms with Gasteiger partial charge in [-0.15, -0.1) is 10.2 Å². The summed E-state index contributed by atoms with van der Waals surface area (Å²) in [6.07, 6.45) is 4.88. The van der Waals surface area contributed by atoms with Gasteiger partial charge in [0.25, 0.3) is 5.89 Å². The first kappa shape index (κ1) is 20.2. The van der Waals surface area contributed by atoms with E-state index in [1.165, 1.54) is 0 Å². The van der Waals surface area contributed by atoms with E-state index in [0.29, 0.717) is 17.2 Å². The van der Waals surface area contributed by atoms with E-state index >= 15 is 0 Å². The molecule has 3 aromatic rings. The summed E-state index contributed by atoms with van der Waals surface area (Å²) in [5, 5.41) is 12.9. The average Bonchev–Trinajstić information content (AvgIpc) is 3.43. The van der Waals surface area contributed by atoms with Crippen molar-refractivity contribution < 1.29 is 17.7 Å². The van der Waals surface area contributed by atoms with Crippen molar-refractivity contribution in [2.45, 2.75) is 68.9 Å². The fraction of sp³-hybridized carbons (Fsp3) is 0.545. The fourth-order valence-corrected chi connectivity index (χ4v) is 5.35. The quantitative estimate of drug-likeness (QED) is 0.569. The van der Waals surface area contributed by atoms with E-state index in [9.17, 15) is 13.2 Å². The Morgan fingerprint density at radius 1 is 1.03 bits per heavy atom. The third kappa shape index (κ3) is 3.08. The van der Waals surface area contributed by atoms with Crippen molar-refractivity contribution in [3.63, 3.8) is 0 Å². The summed E-state index contributed by atoms with van der Waals surface area (Å²) in [7, 11) is 1.93. The topological polar surface area (TPSA) is 69.6 Å². The van der Waals surface area contributed by atoms with Crippen molar-refractivity contribution >= 4 is 0 Å². The van der Waals surface area contributed by atoms with Crippen LogP contribution >= 0.6 is 0 Å². The molecule has 0 amide bonds. The highest BCUT2D eigenvalue weighted by atomic mass is 19.3. The standard InChI is InChI=1S/C22H24F3N5O/c1-20(24,25)19-26-17(29-31-19)21-7-10-22(11-8-21,12-9-21)18-28-27-16(30(18)2)15-6-4-3-5-14(15)13-23/h3-6H,7-13H2,1-2H3. The van der Waals surface area contributed by atoms with Gasteiger partial charge in [-0.1, -0.05) is 29.4 Å². The highest BCUT2D eigenvalue weighted by Gasteiger charge is 2.54. The van der Waals surface area contributed by atoms with Crippen LogP contribution in [0.5, 0.6) is 0 Å². The molecule has 31 heavy (non-hydrogen) atoms. The lowest BCUT2D eigenvalue weighted by atomic mass is 9.53. The molecule has 2 heterocycles. The molecule has 3 aliphatic carbocycles. The Hall–Kier alpha value is -2.71. The molecule has 3 saturated carbocycles. The molecule has 0 aliphatic heterocycles. The Bertz CT molecular complexity index is 1090. The number of nitrogens with zero attached hydrogens (tertiary/aromatic N) is 5. The van der Waals surface area contributed by atoms with E-state index in [1.807, 2.05) is 29.8 Å². The zero-order chi connectivity index (χ0) is 21.9. The Morgan fingerprint density at radius 2 is 1.68 bits per heavy atom. The zero-order valence-electron chi connectivity index (χ0n) is 17.5. The molecular weight excluding hydrogens is 407 g/mol. The van der Waals surface area contributed by atoms with Crippen molar-refractivity contribution in [1.29, 1.82) is 0 Å². The number of alkyl halides is 3. The first-order valence-electron chi connectivity index (χ1n) is 10.5. The van der Waals surface area contributed by atoms with Gasteiger partial charge in [-0.05, 0) is 44.1 Å². The van der Waals surface area contributed by atoms with Crippen LogP contribution < -0.4 is 0 Å². The number of aromatic nitrogens is 5. The molecule has 0 atom stereocenters. The molecule has 0 radical (unpaired) electrons. The van der Waals surface area contributed by atoms with E-state index in [4.69, 9.17) is 4.52 Å². The van der Waals surface area contributed by atoms with Crippen LogP contribution in [-0.4, -0.2) is 24.9 Å². The Morgan fingerprint density at radius 3 is 2.29 bits per heavy atom. The summed E-state index contributed by atoms with van der Waals surface area (Å²) in [6, 6.07) is 7.31. The second-order valence-electron chi connectivity index (χ2n) is 9.07. The highest BCUT2D eigenvalue weighted by Crippen LogP contribution is 2.57. The Labute approximate surface area is 177 Å². The first-order valence-corrected chi connectivity index (χ1v) is 10.5. The van der Waals surface area contributed by atoms with Gasteiger partial charge in [-0.3, -0.25) is 0 Å². The normalized spacial score (nSPS) is 25.8. The monoisotopic (exact) mass is 431 g/mol. The molecule has 3 fully saturated rings. The van der Waals surface area contributed by atoms with Gasteiger partial charge in [0.1, 0.15) is 12.5 Å². The lowest BCUT2D eigenvalue weighted by molar-refractivity contribution is -0.0158. The lowest BCUT2D eigenvalue weighted by Gasteiger charge is -2.51. The largest absolute Gasteiger partial charge is 0.333 e. The van der Waals surface area contributed by atoms with Gasteiger partial charge in [-0.25, -0.2) is 4.39 Å². The molecule has 9 heteroatoms. The second kappa shape index (κ2) is 6.90. The number of fused-ring (bicyclic) bond motifs is 3. The molecule has 1 aromatic carbocycles. The van der Waals surface area contributed by atoms with Crippen LogP contribution in [0.3, 0.4) is 0 Å². The van der Waals surface area contributed by atoms with E-state index in [2.05, 4.69) is 20.3 Å². The van der Waals surface area contributed by atoms with Crippen LogP contribution in [0.2, 0.25) is 0 Å². The van der Waals surface area contributed by atoms with Crippen molar-refractivity contribution in [1.82, 2.24) is 24.9 Å². The number of hydrogen-bond donors (Lipinski definition) is 0. The second-order valence-corrected chi connectivity index (χ2v) is 9.07. The highest BCUT2D eigenvalue weighted by molar-refractivity contribution is 5.60. The zero-order valence-corrected chi connectivity index (χ0v) is 17.5. The van der Waals surface area contributed by atoms with Crippen LogP contribution in [0, 0.1) is 0 Å². The lowest BCUT2D eigenvalue weighted by Crippen LogP contribution is -2.48. The van der Waals surface area contributed by atoms with Crippen molar-refractivity contribution in [3.8, 4) is 11.4 Å². The third-order valence-electron chi connectivity index (χ3n) is 7.27. The van der Waals surface area contributed by atoms with Gasteiger partial charge in [0.2, 0.25) is 0 Å². The summed E-state index contributed by atoms with van der Waals surface area (Å²) in [6.45, 7) is 0.205. The summed E-state index contributed by atoms with van der Waals surface area (Å²) in [5.41, 5.74) is 0.891. The molecule has 0 unspecified atom stereocenters. The van der Waals surface area contributed by atoms with Crippen molar-refractivity contribution in [3.05, 3.63) is 47.4 Å². The number of hydrogen-bond acceptors (Lipinski definition) is 5. The number of benzene rings is 1. The summed E-state index contributed by atoms with van der Waals surface area (Å²) in [5.74, 6) is -1.80. The summed E-state index contributed by atoms with van der Waals surface area (Å²) in [4.78, 5) is 4.05. The minimum Gasteiger partial charge on any atom is -0.333 e. The maximum atomic E-state index is 13.6. The van der Waals surface area contributed by atoms with Gasteiger partial charge in [-0.2, -0.15) is 13.8 Å². The summed E-state index contributed by atoms with van der Waals surface area (Å²) >= 11 is 0. The molecule has 0 saturated heterocycles. The third-order valence-corrected chi connectivity index (χ3v) is 7.27. The van der Waals surface area contributed by atoms with Gasteiger partial charge < -0.3 is 9.09 Å². The molecule has 2 bridgehead atoms. The van der Waals surface area contributed by atoms with Crippen molar-refractivity contribution in [2.24, 2.45) is 7.05 Å². The maximum Gasteiger partial charge on any atom is 0.322 e. The molecule has 0 spiro atoms. The molecular formula is C22H24F3N5O. The van der Waals surface area contributed by atoms with Gasteiger partial charge in [0.15, 0.2) is 11.6 Å². The minimum absolute atomic E-state index is 0.131. The van der Waals surface area contributed by atoms with Crippen LogP contribution in [0.1, 0.15) is 68.6 Å². The maximum absolute atomic E-state index is 13.6. The van der Waals surface area contributed by atoms with Gasteiger partial charge in [0.05, 0.1) is 0 Å². The SMILES string of the molecule is Cn1c(-c2ccccc2CF)nnc1C12CCC(c3noc(C(C)(F)F)n3)(CC1)CC2. The Balaban J connectivity index is 1.43. The number of halogens is 3. The molecule has 164 valence electrons. The smallest absolute Gasteiger partial charge is 0.322 e. The predicted molar refractivity (Wildman–Crippen MR) is 106 cm³/mol. The molecule has 6 rings (SSSR count). The average molecular weight is 431 g/mol. The first-order chi connectivity index (χ1) is 14.8. The molecule has 0 N–H and O–H groups in total. The van der Waals surface area contributed by atoms with Crippen LogP contribution in [0.15, 0.2) is 28.8 Å².